The highest BCUT2D eigenvalue weighted by molar-refractivity contribution is 6.02. The summed E-state index contributed by atoms with van der Waals surface area (Å²) in [7, 11) is 0. The summed E-state index contributed by atoms with van der Waals surface area (Å²) in [6.45, 7) is 3.37. The molecule has 1 atom stereocenters. The van der Waals surface area contributed by atoms with Crippen molar-refractivity contribution >= 4 is 17.1 Å². The molecule has 1 aliphatic rings. The first-order valence-electron chi connectivity index (χ1n) is 9.22. The predicted molar refractivity (Wildman–Crippen MR) is 102 cm³/mol. The van der Waals surface area contributed by atoms with Crippen LogP contribution >= 0.6 is 0 Å². The second kappa shape index (κ2) is 7.43. The van der Waals surface area contributed by atoms with Crippen LogP contribution in [0.5, 0.6) is 5.75 Å². The molecule has 9 nitrogen and oxygen atoms in total. The summed E-state index contributed by atoms with van der Waals surface area (Å²) in [6, 6.07) is 7.26. The topological polar surface area (TPSA) is 125 Å². The van der Waals surface area contributed by atoms with E-state index in [1.165, 1.54) is 4.57 Å². The summed E-state index contributed by atoms with van der Waals surface area (Å²) in [5, 5.41) is 0. The average Bonchev–Trinajstić information content (AvgIpc) is 3.30. The number of aromatic amines is 1. The highest BCUT2D eigenvalue weighted by Crippen LogP contribution is 2.29. The molecule has 9 heteroatoms. The minimum absolute atomic E-state index is 0.0329. The van der Waals surface area contributed by atoms with Gasteiger partial charge in [-0.2, -0.15) is 0 Å². The molecule has 28 heavy (non-hydrogen) atoms. The molecule has 0 aliphatic carbocycles. The third-order valence-corrected chi connectivity index (χ3v) is 4.69. The zero-order valence-electron chi connectivity index (χ0n) is 15.5. The highest BCUT2D eigenvalue weighted by Gasteiger charge is 2.23. The van der Waals surface area contributed by atoms with Gasteiger partial charge in [-0.25, -0.2) is 14.8 Å². The number of carbonyl (C=O) groups excluding carboxylic acids is 1. The minimum atomic E-state index is -0.743. The van der Waals surface area contributed by atoms with Crippen LogP contribution in [0.3, 0.4) is 0 Å². The maximum absolute atomic E-state index is 12.5. The molecule has 0 spiro atoms. The molecular formula is C19H21N5O4. The summed E-state index contributed by atoms with van der Waals surface area (Å²) in [5.74, 6) is 0.113. The normalized spacial score (nSPS) is 16.5. The summed E-state index contributed by atoms with van der Waals surface area (Å²) in [5.41, 5.74) is 6.29. The SMILES string of the molecule is CCOc1ccccc1-c1nc(C(N)=O)c2[nH]c(=O)n(CC3CCCO3)c2n1. The van der Waals surface area contributed by atoms with E-state index in [2.05, 4.69) is 15.0 Å². The molecule has 2 aromatic heterocycles. The first-order valence-corrected chi connectivity index (χ1v) is 9.22. The van der Waals surface area contributed by atoms with Gasteiger partial charge < -0.3 is 20.2 Å². The van der Waals surface area contributed by atoms with Crippen LogP contribution in [-0.4, -0.2) is 44.7 Å². The lowest BCUT2D eigenvalue weighted by atomic mass is 10.1. The van der Waals surface area contributed by atoms with E-state index in [1.54, 1.807) is 12.1 Å². The number of H-pyrrole nitrogens is 1. The van der Waals surface area contributed by atoms with Gasteiger partial charge in [0.15, 0.2) is 17.2 Å². The number of hydrogen-bond acceptors (Lipinski definition) is 6. The Morgan fingerprint density at radius 1 is 1.39 bits per heavy atom. The van der Waals surface area contributed by atoms with Crippen molar-refractivity contribution < 1.29 is 14.3 Å². The number of fused-ring (bicyclic) bond motifs is 1. The van der Waals surface area contributed by atoms with Gasteiger partial charge in [0.05, 0.1) is 24.8 Å². The summed E-state index contributed by atoms with van der Waals surface area (Å²) < 4.78 is 12.8. The fourth-order valence-electron chi connectivity index (χ4n) is 3.42. The van der Waals surface area contributed by atoms with Crippen LogP contribution in [-0.2, 0) is 11.3 Å². The number of aromatic nitrogens is 4. The molecule has 0 radical (unpaired) electrons. The molecule has 4 rings (SSSR count). The van der Waals surface area contributed by atoms with E-state index in [9.17, 15) is 9.59 Å². The van der Waals surface area contributed by atoms with Gasteiger partial charge in [-0.05, 0) is 31.9 Å². The van der Waals surface area contributed by atoms with Gasteiger partial charge in [0.1, 0.15) is 11.3 Å². The van der Waals surface area contributed by atoms with Crippen LogP contribution in [0.2, 0.25) is 0 Å². The van der Waals surface area contributed by atoms with Crippen LogP contribution in [0.15, 0.2) is 29.1 Å². The lowest BCUT2D eigenvalue weighted by Gasteiger charge is -2.12. The van der Waals surface area contributed by atoms with Crippen molar-refractivity contribution in [3.05, 3.63) is 40.4 Å². The zero-order chi connectivity index (χ0) is 19.7. The Bertz CT molecular complexity index is 1080. The smallest absolute Gasteiger partial charge is 0.327 e. The minimum Gasteiger partial charge on any atom is -0.493 e. The second-order valence-corrected chi connectivity index (χ2v) is 6.56. The van der Waals surface area contributed by atoms with Crippen molar-refractivity contribution in [2.45, 2.75) is 32.4 Å². The number of carbonyl (C=O) groups is 1. The van der Waals surface area contributed by atoms with E-state index >= 15 is 0 Å². The van der Waals surface area contributed by atoms with Crippen LogP contribution in [0.25, 0.3) is 22.6 Å². The molecule has 1 saturated heterocycles. The first-order chi connectivity index (χ1) is 13.6. The van der Waals surface area contributed by atoms with E-state index in [0.29, 0.717) is 36.7 Å². The predicted octanol–water partition coefficient (Wildman–Crippen LogP) is 1.46. The van der Waals surface area contributed by atoms with Gasteiger partial charge in [0.2, 0.25) is 0 Å². The van der Waals surface area contributed by atoms with E-state index in [4.69, 9.17) is 15.2 Å². The summed E-state index contributed by atoms with van der Waals surface area (Å²) in [4.78, 5) is 36.1. The molecule has 3 aromatic rings. The Kier molecular flexibility index (Phi) is 4.82. The number of rotatable bonds is 6. The molecule has 1 unspecified atom stereocenters. The number of nitrogens with one attached hydrogen (secondary N) is 1. The Hall–Kier alpha value is -3.20. The van der Waals surface area contributed by atoms with Crippen LogP contribution in [0, 0.1) is 0 Å². The van der Waals surface area contributed by atoms with Crippen molar-refractivity contribution in [1.29, 1.82) is 0 Å². The fraction of sp³-hybridized carbons (Fsp3) is 0.368. The summed E-state index contributed by atoms with van der Waals surface area (Å²) in [6.07, 6.45) is 1.76. The number of primary amides is 1. The molecule has 1 fully saturated rings. The Morgan fingerprint density at radius 3 is 2.93 bits per heavy atom. The number of imidazole rings is 1. The van der Waals surface area contributed by atoms with Crippen molar-refractivity contribution in [2.75, 3.05) is 13.2 Å². The molecule has 1 aliphatic heterocycles. The van der Waals surface area contributed by atoms with Gasteiger partial charge in [0.25, 0.3) is 5.91 Å². The Morgan fingerprint density at radius 2 is 2.21 bits per heavy atom. The average molecular weight is 383 g/mol. The van der Waals surface area contributed by atoms with E-state index < -0.39 is 5.91 Å². The van der Waals surface area contributed by atoms with E-state index in [-0.39, 0.29) is 28.8 Å². The lowest BCUT2D eigenvalue weighted by molar-refractivity contribution is 0.0970. The van der Waals surface area contributed by atoms with Crippen molar-refractivity contribution in [3.8, 4) is 17.1 Å². The number of para-hydroxylation sites is 1. The maximum Gasteiger partial charge on any atom is 0.327 e. The molecule has 3 heterocycles. The number of benzene rings is 1. The Labute approximate surface area is 160 Å². The van der Waals surface area contributed by atoms with Crippen molar-refractivity contribution in [1.82, 2.24) is 19.5 Å². The van der Waals surface area contributed by atoms with Gasteiger partial charge >= 0.3 is 5.69 Å². The second-order valence-electron chi connectivity index (χ2n) is 6.56. The molecular weight excluding hydrogens is 362 g/mol. The molecule has 1 amide bonds. The van der Waals surface area contributed by atoms with Gasteiger partial charge in [-0.3, -0.25) is 9.36 Å². The van der Waals surface area contributed by atoms with Gasteiger partial charge in [-0.15, -0.1) is 0 Å². The van der Waals surface area contributed by atoms with E-state index in [1.807, 2.05) is 19.1 Å². The maximum atomic E-state index is 12.5. The molecule has 0 bridgehead atoms. The quantitative estimate of drug-likeness (QED) is 0.664. The molecule has 3 N–H and O–H groups in total. The number of nitrogens with zero attached hydrogens (tertiary/aromatic N) is 3. The third kappa shape index (κ3) is 3.24. The lowest BCUT2D eigenvalue weighted by Crippen LogP contribution is -2.24. The number of ether oxygens (including phenoxy) is 2. The zero-order valence-corrected chi connectivity index (χ0v) is 15.5. The number of amides is 1. The monoisotopic (exact) mass is 383 g/mol. The first kappa shape index (κ1) is 18.2. The van der Waals surface area contributed by atoms with Crippen molar-refractivity contribution in [2.24, 2.45) is 5.73 Å². The standard InChI is InChI=1S/C19H21N5O4/c1-2-27-13-8-4-3-7-12(13)17-21-14(16(20)25)15-18(23-17)24(19(26)22-15)10-11-6-5-9-28-11/h3-4,7-8,11H,2,5-6,9-10H2,1H3,(H2,20,25)(H,22,26). The van der Waals surface area contributed by atoms with Crippen molar-refractivity contribution in [3.63, 3.8) is 0 Å². The molecule has 0 saturated carbocycles. The van der Waals surface area contributed by atoms with E-state index in [0.717, 1.165) is 12.8 Å². The molecule has 1 aromatic carbocycles. The Balaban J connectivity index is 1.91. The largest absolute Gasteiger partial charge is 0.493 e. The van der Waals surface area contributed by atoms with Crippen LogP contribution in [0.4, 0.5) is 0 Å². The number of hydrogen-bond donors (Lipinski definition) is 2. The number of nitrogens with two attached hydrogens (primary N) is 1. The van der Waals surface area contributed by atoms with Gasteiger partial charge in [-0.1, -0.05) is 12.1 Å². The third-order valence-electron chi connectivity index (χ3n) is 4.69. The van der Waals surface area contributed by atoms with Crippen LogP contribution < -0.4 is 16.2 Å². The molecule has 146 valence electrons. The highest BCUT2D eigenvalue weighted by atomic mass is 16.5. The van der Waals surface area contributed by atoms with Crippen LogP contribution in [0.1, 0.15) is 30.3 Å². The fourth-order valence-corrected chi connectivity index (χ4v) is 3.42. The summed E-state index contributed by atoms with van der Waals surface area (Å²) >= 11 is 0. The van der Waals surface area contributed by atoms with Gasteiger partial charge in [0, 0.05) is 6.61 Å².